The van der Waals surface area contributed by atoms with Crippen LogP contribution in [-0.2, 0) is 14.3 Å². The molecule has 3 N–H and O–H groups in total. The molecule has 1 fully saturated rings. The smallest absolute Gasteiger partial charge is 0.325 e. The molecule has 86 valence electrons. The average molecular weight is 214 g/mol. The Hall–Kier alpha value is -1.10. The topological polar surface area (TPSA) is 81.4 Å². The number of hydrogen-bond donors (Lipinski definition) is 2. The predicted octanol–water partition coefficient (Wildman–Crippen LogP) is -0.207. The van der Waals surface area contributed by atoms with E-state index in [2.05, 4.69) is 10.1 Å². The van der Waals surface area contributed by atoms with Gasteiger partial charge in [0.25, 0.3) is 0 Å². The number of nitrogens with one attached hydrogen (secondary N) is 1. The first-order valence-corrected chi connectivity index (χ1v) is 5.21. The van der Waals surface area contributed by atoms with Crippen molar-refractivity contribution in [2.45, 2.75) is 32.2 Å². The van der Waals surface area contributed by atoms with Crippen LogP contribution in [0.1, 0.15) is 26.7 Å². The van der Waals surface area contributed by atoms with Crippen LogP contribution in [0.3, 0.4) is 0 Å². The SMILES string of the molecule is CCOC(=O)CNC(=O)C(C)(N)C1CC1. The van der Waals surface area contributed by atoms with Gasteiger partial charge in [0.05, 0.1) is 12.1 Å². The van der Waals surface area contributed by atoms with Crippen LogP contribution in [0.15, 0.2) is 0 Å². The van der Waals surface area contributed by atoms with Crippen molar-refractivity contribution in [3.05, 3.63) is 0 Å². The van der Waals surface area contributed by atoms with E-state index in [1.165, 1.54) is 0 Å². The van der Waals surface area contributed by atoms with E-state index in [4.69, 9.17) is 5.73 Å². The lowest BCUT2D eigenvalue weighted by atomic mass is 9.96. The molecule has 5 heteroatoms. The molecule has 0 spiro atoms. The molecule has 1 aliphatic rings. The second-order valence-corrected chi connectivity index (χ2v) is 4.04. The number of esters is 1. The number of amides is 1. The van der Waals surface area contributed by atoms with E-state index < -0.39 is 11.5 Å². The lowest BCUT2D eigenvalue weighted by molar-refractivity contribution is -0.144. The summed E-state index contributed by atoms with van der Waals surface area (Å²) in [6.07, 6.45) is 1.97. The van der Waals surface area contributed by atoms with Gasteiger partial charge < -0.3 is 15.8 Å². The minimum Gasteiger partial charge on any atom is -0.465 e. The van der Waals surface area contributed by atoms with Crippen molar-refractivity contribution in [1.29, 1.82) is 0 Å². The van der Waals surface area contributed by atoms with Gasteiger partial charge in [0.2, 0.25) is 5.91 Å². The zero-order valence-electron chi connectivity index (χ0n) is 9.21. The van der Waals surface area contributed by atoms with Crippen LogP contribution in [0.25, 0.3) is 0 Å². The highest BCUT2D eigenvalue weighted by atomic mass is 16.5. The second kappa shape index (κ2) is 4.61. The molecule has 0 aromatic rings. The van der Waals surface area contributed by atoms with Crippen LogP contribution < -0.4 is 11.1 Å². The van der Waals surface area contributed by atoms with Crippen LogP contribution in [0.4, 0.5) is 0 Å². The highest BCUT2D eigenvalue weighted by Gasteiger charge is 2.43. The molecule has 5 nitrogen and oxygen atoms in total. The van der Waals surface area contributed by atoms with Crippen LogP contribution in [0.5, 0.6) is 0 Å². The zero-order chi connectivity index (χ0) is 11.5. The van der Waals surface area contributed by atoms with E-state index in [9.17, 15) is 9.59 Å². The van der Waals surface area contributed by atoms with Gasteiger partial charge in [0.1, 0.15) is 6.54 Å². The molecular formula is C10H18N2O3. The maximum atomic E-state index is 11.6. The summed E-state index contributed by atoms with van der Waals surface area (Å²) in [6, 6.07) is 0. The van der Waals surface area contributed by atoms with E-state index in [1.54, 1.807) is 13.8 Å². The highest BCUT2D eigenvalue weighted by molar-refractivity contribution is 5.89. The molecule has 1 rings (SSSR count). The van der Waals surface area contributed by atoms with Crippen LogP contribution >= 0.6 is 0 Å². The van der Waals surface area contributed by atoms with E-state index in [1.807, 2.05) is 0 Å². The van der Waals surface area contributed by atoms with Crippen LogP contribution in [0, 0.1) is 5.92 Å². The summed E-state index contributed by atoms with van der Waals surface area (Å²) < 4.78 is 4.69. The summed E-state index contributed by atoms with van der Waals surface area (Å²) in [5.41, 5.74) is 5.01. The molecule has 0 saturated heterocycles. The minimum atomic E-state index is -0.855. The number of rotatable bonds is 5. The zero-order valence-corrected chi connectivity index (χ0v) is 9.21. The molecule has 1 saturated carbocycles. The molecule has 0 heterocycles. The average Bonchev–Trinajstić information content (AvgIpc) is 2.97. The van der Waals surface area contributed by atoms with Crippen molar-refractivity contribution in [3.8, 4) is 0 Å². The second-order valence-electron chi connectivity index (χ2n) is 4.04. The Bertz CT molecular complexity index is 259. The molecule has 1 amide bonds. The summed E-state index contributed by atoms with van der Waals surface area (Å²) in [6.45, 7) is 3.63. The first-order valence-electron chi connectivity index (χ1n) is 5.21. The number of ether oxygens (including phenoxy) is 1. The third kappa shape index (κ3) is 3.20. The van der Waals surface area contributed by atoms with Crippen molar-refractivity contribution in [1.82, 2.24) is 5.32 Å². The summed E-state index contributed by atoms with van der Waals surface area (Å²) in [5.74, 6) is -0.463. The quantitative estimate of drug-likeness (QED) is 0.621. The molecule has 15 heavy (non-hydrogen) atoms. The van der Waals surface area contributed by atoms with E-state index in [-0.39, 0.29) is 18.4 Å². The van der Waals surface area contributed by atoms with Gasteiger partial charge in [0.15, 0.2) is 0 Å². The molecule has 0 aromatic heterocycles. The third-order valence-corrected chi connectivity index (χ3v) is 2.61. The number of hydrogen-bond acceptors (Lipinski definition) is 4. The number of carbonyl (C=O) groups is 2. The standard InChI is InChI=1S/C10H18N2O3/c1-3-15-8(13)6-12-9(14)10(2,11)7-4-5-7/h7H,3-6,11H2,1-2H3,(H,12,14). The lowest BCUT2D eigenvalue weighted by Crippen LogP contribution is -2.54. The van der Waals surface area contributed by atoms with Crippen molar-refractivity contribution < 1.29 is 14.3 Å². The van der Waals surface area contributed by atoms with Gasteiger partial charge in [0, 0.05) is 0 Å². The number of nitrogens with two attached hydrogens (primary N) is 1. The first kappa shape index (κ1) is 12.0. The molecule has 0 aromatic carbocycles. The van der Waals surface area contributed by atoms with E-state index in [0.717, 1.165) is 12.8 Å². The van der Waals surface area contributed by atoms with Gasteiger partial charge in [-0.2, -0.15) is 0 Å². The highest BCUT2D eigenvalue weighted by Crippen LogP contribution is 2.37. The van der Waals surface area contributed by atoms with Gasteiger partial charge in [-0.15, -0.1) is 0 Å². The Morgan fingerprint density at radius 2 is 2.13 bits per heavy atom. The van der Waals surface area contributed by atoms with Crippen molar-refractivity contribution >= 4 is 11.9 Å². The molecule has 1 aliphatic carbocycles. The fraction of sp³-hybridized carbons (Fsp3) is 0.800. The normalized spacial score (nSPS) is 19.1. The molecule has 1 unspecified atom stereocenters. The van der Waals surface area contributed by atoms with Crippen molar-refractivity contribution in [3.63, 3.8) is 0 Å². The maximum absolute atomic E-state index is 11.6. The Morgan fingerprint density at radius 3 is 2.60 bits per heavy atom. The Morgan fingerprint density at radius 1 is 1.53 bits per heavy atom. The van der Waals surface area contributed by atoms with E-state index >= 15 is 0 Å². The van der Waals surface area contributed by atoms with Crippen LogP contribution in [-0.4, -0.2) is 30.6 Å². The minimum absolute atomic E-state index is 0.105. The summed E-state index contributed by atoms with van der Waals surface area (Å²) in [4.78, 5) is 22.6. The molecule has 1 atom stereocenters. The number of carbonyl (C=O) groups excluding carboxylic acids is 2. The molecule has 0 bridgehead atoms. The molecule has 0 aliphatic heterocycles. The monoisotopic (exact) mass is 214 g/mol. The van der Waals surface area contributed by atoms with Gasteiger partial charge in [-0.05, 0) is 32.6 Å². The summed E-state index contributed by atoms with van der Waals surface area (Å²) in [7, 11) is 0. The first-order chi connectivity index (χ1) is 6.98. The van der Waals surface area contributed by atoms with Crippen molar-refractivity contribution in [2.75, 3.05) is 13.2 Å². The largest absolute Gasteiger partial charge is 0.465 e. The third-order valence-electron chi connectivity index (χ3n) is 2.61. The fourth-order valence-electron chi connectivity index (χ4n) is 1.42. The molecular weight excluding hydrogens is 196 g/mol. The van der Waals surface area contributed by atoms with Gasteiger partial charge in [-0.3, -0.25) is 9.59 Å². The lowest BCUT2D eigenvalue weighted by Gasteiger charge is -2.22. The molecule has 0 radical (unpaired) electrons. The maximum Gasteiger partial charge on any atom is 0.325 e. The van der Waals surface area contributed by atoms with Crippen molar-refractivity contribution in [2.24, 2.45) is 11.7 Å². The fourth-order valence-corrected chi connectivity index (χ4v) is 1.42. The Labute approximate surface area is 89.3 Å². The summed E-state index contributed by atoms with van der Waals surface area (Å²) >= 11 is 0. The van der Waals surface area contributed by atoms with E-state index in [0.29, 0.717) is 6.61 Å². The summed E-state index contributed by atoms with van der Waals surface area (Å²) in [5, 5.41) is 2.49. The Balaban J connectivity index is 2.32. The predicted molar refractivity (Wildman–Crippen MR) is 55.0 cm³/mol. The van der Waals surface area contributed by atoms with Gasteiger partial charge in [-0.1, -0.05) is 0 Å². The van der Waals surface area contributed by atoms with Gasteiger partial charge >= 0.3 is 5.97 Å². The van der Waals surface area contributed by atoms with Gasteiger partial charge in [-0.25, -0.2) is 0 Å². The van der Waals surface area contributed by atoms with Crippen LogP contribution in [0.2, 0.25) is 0 Å². The Kier molecular flexibility index (Phi) is 3.68.